The zero-order valence-electron chi connectivity index (χ0n) is 17.8. The maximum absolute atomic E-state index is 13.3. The molecule has 0 N–H and O–H groups in total. The van der Waals surface area contributed by atoms with E-state index in [-0.39, 0.29) is 11.6 Å². The first-order valence-electron chi connectivity index (χ1n) is 10.1. The number of rotatable bonds is 5. The van der Waals surface area contributed by atoms with Crippen molar-refractivity contribution in [1.82, 2.24) is 0 Å². The van der Waals surface area contributed by atoms with Crippen LogP contribution in [0.5, 0.6) is 5.75 Å². The van der Waals surface area contributed by atoms with Gasteiger partial charge in [0, 0.05) is 11.5 Å². The summed E-state index contributed by atoms with van der Waals surface area (Å²) < 4.78 is 11.3. The molecular formula is C25H16N2O5S2. The van der Waals surface area contributed by atoms with Crippen molar-refractivity contribution in [2.45, 2.75) is 0 Å². The largest absolute Gasteiger partial charge is 0.497 e. The first-order valence-corrected chi connectivity index (χ1v) is 11.4. The van der Waals surface area contributed by atoms with Gasteiger partial charge in [-0.05, 0) is 35.7 Å². The number of thiocarbonyl (C=S) groups is 1. The van der Waals surface area contributed by atoms with E-state index in [1.807, 2.05) is 42.5 Å². The number of methoxy groups -OCH3 is 1. The summed E-state index contributed by atoms with van der Waals surface area (Å²) in [6, 6.07) is 21.4. The fraction of sp³-hybridized carbons (Fsp3) is 0.0400. The van der Waals surface area contributed by atoms with Crippen LogP contribution in [0.15, 0.2) is 82.1 Å². The number of benzene rings is 3. The van der Waals surface area contributed by atoms with Gasteiger partial charge in [-0.3, -0.25) is 19.8 Å². The van der Waals surface area contributed by atoms with Gasteiger partial charge in [-0.25, -0.2) is 0 Å². The van der Waals surface area contributed by atoms with Crippen molar-refractivity contribution in [1.29, 1.82) is 0 Å². The third kappa shape index (κ3) is 3.85. The Bertz CT molecular complexity index is 1500. The predicted octanol–water partition coefficient (Wildman–Crippen LogP) is 6.42. The van der Waals surface area contributed by atoms with Crippen molar-refractivity contribution in [3.63, 3.8) is 0 Å². The van der Waals surface area contributed by atoms with Gasteiger partial charge >= 0.3 is 0 Å². The fourth-order valence-electron chi connectivity index (χ4n) is 3.78. The number of amides is 1. The topological polar surface area (TPSA) is 85.8 Å². The molecule has 0 atom stereocenters. The number of fused-ring (bicyclic) bond motifs is 1. The zero-order chi connectivity index (χ0) is 23.8. The molecule has 3 aromatic carbocycles. The molecule has 2 heterocycles. The van der Waals surface area contributed by atoms with Gasteiger partial charge < -0.3 is 9.15 Å². The number of furan rings is 1. The number of nitro groups is 1. The number of thioether (sulfide) groups is 1. The molecule has 1 aliphatic rings. The van der Waals surface area contributed by atoms with Crippen LogP contribution in [0, 0.1) is 10.1 Å². The lowest BCUT2D eigenvalue weighted by atomic mass is 10.1. The van der Waals surface area contributed by atoms with Crippen LogP contribution < -0.4 is 9.64 Å². The summed E-state index contributed by atoms with van der Waals surface area (Å²) in [5.41, 5.74) is 0.897. The maximum Gasteiger partial charge on any atom is 0.284 e. The Kier molecular flexibility index (Phi) is 5.64. The quantitative estimate of drug-likeness (QED) is 0.139. The van der Waals surface area contributed by atoms with E-state index in [4.69, 9.17) is 21.4 Å². The molecule has 0 saturated carbocycles. The number of nitrogens with zero attached hydrogens (tertiary/aromatic N) is 2. The number of hydrogen-bond donors (Lipinski definition) is 0. The van der Waals surface area contributed by atoms with E-state index in [1.165, 1.54) is 29.8 Å². The highest BCUT2D eigenvalue weighted by Crippen LogP contribution is 2.40. The van der Waals surface area contributed by atoms with Crippen molar-refractivity contribution < 1.29 is 18.9 Å². The minimum Gasteiger partial charge on any atom is -0.497 e. The zero-order valence-corrected chi connectivity index (χ0v) is 19.4. The Morgan fingerprint density at radius 3 is 2.68 bits per heavy atom. The number of ether oxygens (including phenoxy) is 1. The number of nitro benzene ring substituents is 1. The van der Waals surface area contributed by atoms with Crippen LogP contribution in [-0.4, -0.2) is 22.3 Å². The Morgan fingerprint density at radius 1 is 1.09 bits per heavy atom. The Labute approximate surface area is 203 Å². The molecule has 168 valence electrons. The molecule has 1 aromatic heterocycles. The van der Waals surface area contributed by atoms with Crippen LogP contribution in [0.2, 0.25) is 0 Å². The van der Waals surface area contributed by atoms with Crippen LogP contribution in [-0.2, 0) is 4.79 Å². The molecule has 7 nitrogen and oxygen atoms in total. The SMILES string of the molecule is COc1ccc(-c2ccc(/C=C3\SC(=S)N(c4cccc5ccccc45)C3=O)o2)c([N+](=O)[O-])c1. The van der Waals surface area contributed by atoms with Gasteiger partial charge in [-0.1, -0.05) is 60.4 Å². The van der Waals surface area contributed by atoms with Gasteiger partial charge in [0.25, 0.3) is 11.6 Å². The Balaban J connectivity index is 1.48. The minimum atomic E-state index is -0.491. The van der Waals surface area contributed by atoms with Crippen LogP contribution in [0.4, 0.5) is 11.4 Å². The van der Waals surface area contributed by atoms with Crippen molar-refractivity contribution in [3.05, 3.63) is 93.6 Å². The van der Waals surface area contributed by atoms with Crippen LogP contribution in [0.25, 0.3) is 28.2 Å². The second-order valence-electron chi connectivity index (χ2n) is 7.36. The number of anilines is 1. The predicted molar refractivity (Wildman–Crippen MR) is 137 cm³/mol. The number of carbonyl (C=O) groups is 1. The van der Waals surface area contributed by atoms with E-state index in [9.17, 15) is 14.9 Å². The molecule has 34 heavy (non-hydrogen) atoms. The molecule has 5 rings (SSSR count). The molecule has 9 heteroatoms. The second-order valence-corrected chi connectivity index (χ2v) is 9.03. The molecule has 1 saturated heterocycles. The summed E-state index contributed by atoms with van der Waals surface area (Å²) in [6.07, 6.45) is 1.60. The highest BCUT2D eigenvalue weighted by atomic mass is 32.2. The lowest BCUT2D eigenvalue weighted by Crippen LogP contribution is -2.27. The van der Waals surface area contributed by atoms with Crippen molar-refractivity contribution in [2.75, 3.05) is 12.0 Å². The molecule has 0 aliphatic carbocycles. The second kappa shape index (κ2) is 8.77. The lowest BCUT2D eigenvalue weighted by Gasteiger charge is -2.17. The number of hydrogen-bond acceptors (Lipinski definition) is 7. The summed E-state index contributed by atoms with van der Waals surface area (Å²) in [7, 11) is 1.44. The average molecular weight is 489 g/mol. The van der Waals surface area contributed by atoms with Crippen LogP contribution >= 0.6 is 24.0 Å². The summed E-state index contributed by atoms with van der Waals surface area (Å²) >= 11 is 6.70. The molecule has 1 aliphatic heterocycles. The summed E-state index contributed by atoms with van der Waals surface area (Å²) in [4.78, 5) is 26.2. The van der Waals surface area contributed by atoms with Gasteiger partial charge in [0.15, 0.2) is 4.32 Å². The average Bonchev–Trinajstić information content (AvgIpc) is 3.42. The summed E-state index contributed by atoms with van der Waals surface area (Å²) in [5.74, 6) is 0.822. The van der Waals surface area contributed by atoms with E-state index in [0.29, 0.717) is 32.1 Å². The first-order chi connectivity index (χ1) is 16.5. The number of carbonyl (C=O) groups excluding carboxylic acids is 1. The molecule has 0 radical (unpaired) electrons. The molecule has 4 aromatic rings. The van der Waals surface area contributed by atoms with Gasteiger partial charge in [0.2, 0.25) is 0 Å². The van der Waals surface area contributed by atoms with Gasteiger partial charge in [-0.15, -0.1) is 0 Å². The smallest absolute Gasteiger partial charge is 0.284 e. The Hall–Kier alpha value is -3.95. The normalized spacial score (nSPS) is 14.9. The van der Waals surface area contributed by atoms with E-state index in [1.54, 1.807) is 30.3 Å². The molecule has 1 amide bonds. The van der Waals surface area contributed by atoms with Gasteiger partial charge in [-0.2, -0.15) is 0 Å². The highest BCUT2D eigenvalue weighted by Gasteiger charge is 2.34. The first kappa shape index (κ1) is 21.9. The summed E-state index contributed by atoms with van der Waals surface area (Å²) in [6.45, 7) is 0. The molecule has 1 fully saturated rings. The van der Waals surface area contributed by atoms with Crippen LogP contribution in [0.3, 0.4) is 0 Å². The van der Waals surface area contributed by atoms with E-state index in [2.05, 4.69) is 0 Å². The van der Waals surface area contributed by atoms with Gasteiger partial charge in [0.1, 0.15) is 17.3 Å². The third-order valence-corrected chi connectivity index (χ3v) is 6.67. The van der Waals surface area contributed by atoms with E-state index in [0.717, 1.165) is 16.5 Å². The third-order valence-electron chi connectivity index (χ3n) is 5.37. The molecule has 0 spiro atoms. The molecule has 0 bridgehead atoms. The van der Waals surface area contributed by atoms with Crippen molar-refractivity contribution >= 4 is 62.4 Å². The van der Waals surface area contributed by atoms with Crippen molar-refractivity contribution in [3.8, 4) is 17.1 Å². The Morgan fingerprint density at radius 2 is 1.88 bits per heavy atom. The molecule has 0 unspecified atom stereocenters. The fourth-order valence-corrected chi connectivity index (χ4v) is 5.05. The maximum atomic E-state index is 13.3. The monoisotopic (exact) mass is 488 g/mol. The van der Waals surface area contributed by atoms with Crippen molar-refractivity contribution in [2.24, 2.45) is 0 Å². The standard InChI is InChI=1S/C25H16N2O5S2/c1-31-16-9-11-19(21(13-16)27(29)30)22-12-10-17(32-22)14-23-24(28)26(25(33)34-23)20-8-4-6-15-5-2-3-7-18(15)20/h2-14H,1H3/b23-14-. The minimum absolute atomic E-state index is 0.137. The molecular weight excluding hydrogens is 472 g/mol. The van der Waals surface area contributed by atoms with E-state index >= 15 is 0 Å². The van der Waals surface area contributed by atoms with Gasteiger partial charge in [0.05, 0.1) is 34.3 Å². The van der Waals surface area contributed by atoms with Crippen LogP contribution in [0.1, 0.15) is 5.76 Å². The summed E-state index contributed by atoms with van der Waals surface area (Å²) in [5, 5.41) is 13.5. The highest BCUT2D eigenvalue weighted by molar-refractivity contribution is 8.27. The lowest BCUT2D eigenvalue weighted by molar-refractivity contribution is -0.384. The van der Waals surface area contributed by atoms with E-state index < -0.39 is 4.92 Å².